The maximum atomic E-state index is 5.72. The van der Waals surface area contributed by atoms with Crippen LogP contribution >= 0.6 is 0 Å². The van der Waals surface area contributed by atoms with Crippen LogP contribution in [0.3, 0.4) is 0 Å². The summed E-state index contributed by atoms with van der Waals surface area (Å²) in [5.74, 6) is 3.58. The van der Waals surface area contributed by atoms with E-state index in [4.69, 9.17) is 4.74 Å². The lowest BCUT2D eigenvalue weighted by molar-refractivity contribution is 0.0831. The van der Waals surface area contributed by atoms with Crippen LogP contribution in [0.1, 0.15) is 38.5 Å². The van der Waals surface area contributed by atoms with Crippen molar-refractivity contribution in [3.8, 4) is 0 Å². The van der Waals surface area contributed by atoms with Gasteiger partial charge in [-0.1, -0.05) is 29.7 Å². The van der Waals surface area contributed by atoms with Crippen LogP contribution in [-0.4, -0.2) is 13.2 Å². The molecule has 1 saturated heterocycles. The van der Waals surface area contributed by atoms with Gasteiger partial charge in [0, 0.05) is 5.92 Å². The van der Waals surface area contributed by atoms with Gasteiger partial charge in [-0.25, -0.2) is 0 Å². The topological polar surface area (TPSA) is 9.23 Å². The van der Waals surface area contributed by atoms with Crippen molar-refractivity contribution in [1.82, 2.24) is 0 Å². The maximum absolute atomic E-state index is 5.72. The molecule has 0 radical (unpaired) electrons. The van der Waals surface area contributed by atoms with Crippen LogP contribution < -0.4 is 0 Å². The molecule has 4 unspecified atom stereocenters. The first-order valence-electron chi connectivity index (χ1n) is 7.40. The normalized spacial score (nSPS) is 44.2. The molecule has 2 fully saturated rings. The molecule has 92 valence electrons. The first-order valence-corrected chi connectivity index (χ1v) is 7.40. The van der Waals surface area contributed by atoms with Crippen LogP contribution in [0.2, 0.25) is 0 Å². The molecule has 4 aliphatic rings. The monoisotopic (exact) mass is 230 g/mol. The molecule has 1 heterocycles. The number of ether oxygens (including phenoxy) is 1. The fraction of sp³-hybridized carbons (Fsp3) is 0.750. The van der Waals surface area contributed by atoms with Gasteiger partial charge in [0.05, 0.1) is 13.2 Å². The van der Waals surface area contributed by atoms with E-state index in [0.29, 0.717) is 5.92 Å². The lowest BCUT2D eigenvalue weighted by atomic mass is 9.64. The summed E-state index contributed by atoms with van der Waals surface area (Å²) in [6.07, 6.45) is 13.5. The molecule has 0 aromatic heterocycles. The molecule has 1 aliphatic heterocycles. The van der Waals surface area contributed by atoms with Crippen molar-refractivity contribution in [3.05, 3.63) is 23.3 Å². The van der Waals surface area contributed by atoms with E-state index in [1.807, 2.05) is 0 Å². The smallest absolute Gasteiger partial charge is 0.0569 e. The Morgan fingerprint density at radius 1 is 1.12 bits per heavy atom. The third-order valence-electron chi connectivity index (χ3n) is 5.62. The van der Waals surface area contributed by atoms with Gasteiger partial charge in [0.2, 0.25) is 0 Å². The van der Waals surface area contributed by atoms with Crippen molar-refractivity contribution in [3.63, 3.8) is 0 Å². The second kappa shape index (κ2) is 3.98. The van der Waals surface area contributed by atoms with E-state index in [1.165, 1.54) is 38.5 Å². The minimum Gasteiger partial charge on any atom is -0.380 e. The predicted molar refractivity (Wildman–Crippen MR) is 68.6 cm³/mol. The van der Waals surface area contributed by atoms with Crippen molar-refractivity contribution in [2.45, 2.75) is 38.5 Å². The van der Waals surface area contributed by atoms with E-state index < -0.39 is 0 Å². The molecule has 0 bridgehead atoms. The Balaban J connectivity index is 1.68. The largest absolute Gasteiger partial charge is 0.380 e. The van der Waals surface area contributed by atoms with Gasteiger partial charge in [0.25, 0.3) is 0 Å². The Morgan fingerprint density at radius 2 is 2.12 bits per heavy atom. The second-order valence-electron chi connectivity index (χ2n) is 6.29. The Kier molecular flexibility index (Phi) is 2.43. The van der Waals surface area contributed by atoms with Gasteiger partial charge in [-0.05, 0) is 49.9 Å². The zero-order chi connectivity index (χ0) is 11.2. The zero-order valence-electron chi connectivity index (χ0n) is 10.5. The molecule has 0 N–H and O–H groups in total. The Morgan fingerprint density at radius 3 is 3.12 bits per heavy atom. The average Bonchev–Trinajstić information content (AvgIpc) is 2.86. The molecule has 3 aliphatic carbocycles. The third-order valence-corrected chi connectivity index (χ3v) is 5.62. The summed E-state index contributed by atoms with van der Waals surface area (Å²) in [5, 5.41) is 0. The molecule has 0 spiro atoms. The minimum absolute atomic E-state index is 0.670. The highest BCUT2D eigenvalue weighted by Crippen LogP contribution is 2.52. The molecule has 1 saturated carbocycles. The van der Waals surface area contributed by atoms with E-state index in [0.717, 1.165) is 31.0 Å². The summed E-state index contributed by atoms with van der Waals surface area (Å²) in [4.78, 5) is 0. The highest BCUT2D eigenvalue weighted by molar-refractivity contribution is 5.32. The second-order valence-corrected chi connectivity index (χ2v) is 6.29. The first kappa shape index (κ1) is 10.4. The van der Waals surface area contributed by atoms with Crippen LogP contribution in [0.5, 0.6) is 0 Å². The van der Waals surface area contributed by atoms with Gasteiger partial charge < -0.3 is 4.74 Å². The van der Waals surface area contributed by atoms with Crippen LogP contribution in [-0.2, 0) is 4.74 Å². The molecular formula is C16H22O. The number of fused-ring (bicyclic) bond motifs is 5. The fourth-order valence-electron chi connectivity index (χ4n) is 4.79. The minimum atomic E-state index is 0.670. The van der Waals surface area contributed by atoms with Crippen LogP contribution in [0.25, 0.3) is 0 Å². The summed E-state index contributed by atoms with van der Waals surface area (Å²) in [7, 11) is 0. The van der Waals surface area contributed by atoms with Crippen LogP contribution in [0.4, 0.5) is 0 Å². The first-order chi connectivity index (χ1) is 8.43. The van der Waals surface area contributed by atoms with Crippen LogP contribution in [0, 0.1) is 23.7 Å². The standard InChI is InChI=1S/C16H22O/c1-2-11-4-7-15-14(13(11)3-1)6-5-12-8-9-17-10-16(12)15/h5,7,11,13-14,16H,1-4,6,8-10H2. The molecule has 17 heavy (non-hydrogen) atoms. The molecule has 0 amide bonds. The molecule has 4 rings (SSSR count). The van der Waals surface area contributed by atoms with Gasteiger partial charge in [-0.3, -0.25) is 0 Å². The quantitative estimate of drug-likeness (QED) is 0.576. The average molecular weight is 230 g/mol. The molecule has 1 heteroatoms. The highest BCUT2D eigenvalue weighted by atomic mass is 16.5. The van der Waals surface area contributed by atoms with E-state index in [1.54, 1.807) is 11.1 Å². The van der Waals surface area contributed by atoms with Gasteiger partial charge >= 0.3 is 0 Å². The van der Waals surface area contributed by atoms with Crippen molar-refractivity contribution in [2.24, 2.45) is 23.7 Å². The highest BCUT2D eigenvalue weighted by Gasteiger charge is 2.42. The van der Waals surface area contributed by atoms with E-state index in [-0.39, 0.29) is 0 Å². The van der Waals surface area contributed by atoms with Gasteiger partial charge in [0.15, 0.2) is 0 Å². The Hall–Kier alpha value is -0.560. The SMILES string of the molecule is C1=C2CCOCC2C2=CCC3CCCC3C2C1. The van der Waals surface area contributed by atoms with E-state index >= 15 is 0 Å². The third kappa shape index (κ3) is 1.55. The van der Waals surface area contributed by atoms with Crippen LogP contribution in [0.15, 0.2) is 23.3 Å². The van der Waals surface area contributed by atoms with Crippen molar-refractivity contribution in [2.75, 3.05) is 13.2 Å². The van der Waals surface area contributed by atoms with Gasteiger partial charge in [-0.2, -0.15) is 0 Å². The van der Waals surface area contributed by atoms with E-state index in [9.17, 15) is 0 Å². The lowest BCUT2D eigenvalue weighted by Crippen LogP contribution is -2.35. The van der Waals surface area contributed by atoms with Gasteiger partial charge in [0.1, 0.15) is 0 Å². The Labute approximate surface area is 104 Å². The summed E-state index contributed by atoms with van der Waals surface area (Å²) < 4.78 is 5.72. The van der Waals surface area contributed by atoms with Gasteiger partial charge in [-0.15, -0.1) is 0 Å². The number of hydrogen-bond donors (Lipinski definition) is 0. The van der Waals surface area contributed by atoms with E-state index in [2.05, 4.69) is 12.2 Å². The molecule has 4 atom stereocenters. The lowest BCUT2D eigenvalue weighted by Gasteiger charge is -2.43. The van der Waals surface area contributed by atoms with Crippen molar-refractivity contribution >= 4 is 0 Å². The molecule has 0 aromatic carbocycles. The Bertz CT molecular complexity index is 379. The summed E-state index contributed by atoms with van der Waals surface area (Å²) >= 11 is 0. The number of hydrogen-bond acceptors (Lipinski definition) is 1. The number of allylic oxidation sites excluding steroid dienone is 2. The molecular weight excluding hydrogens is 208 g/mol. The summed E-state index contributed by atoms with van der Waals surface area (Å²) in [6.45, 7) is 1.91. The zero-order valence-corrected chi connectivity index (χ0v) is 10.5. The maximum Gasteiger partial charge on any atom is 0.0569 e. The van der Waals surface area contributed by atoms with Crippen molar-refractivity contribution in [1.29, 1.82) is 0 Å². The fourth-order valence-corrected chi connectivity index (χ4v) is 4.79. The predicted octanol–water partition coefficient (Wildman–Crippen LogP) is 3.72. The summed E-state index contributed by atoms with van der Waals surface area (Å²) in [6, 6.07) is 0. The number of rotatable bonds is 0. The summed E-state index contributed by atoms with van der Waals surface area (Å²) in [5.41, 5.74) is 3.46. The molecule has 1 nitrogen and oxygen atoms in total. The van der Waals surface area contributed by atoms with Crippen molar-refractivity contribution < 1.29 is 4.74 Å². The molecule has 0 aromatic rings.